The number of likely N-dealkylation sites (N-methyl/N-ethyl adjacent to an activating group) is 1. The third kappa shape index (κ3) is 3.13. The van der Waals surface area contributed by atoms with Crippen molar-refractivity contribution in [2.24, 2.45) is 0 Å². The highest BCUT2D eigenvalue weighted by Gasteiger charge is 2.35. The molecular formula is C16H16BrNO3S. The van der Waals surface area contributed by atoms with Crippen molar-refractivity contribution < 1.29 is 14.3 Å². The minimum atomic E-state index is -0.622. The van der Waals surface area contributed by atoms with Gasteiger partial charge in [-0.3, -0.25) is 4.79 Å². The molecular weight excluding hydrogens is 366 g/mol. The lowest BCUT2D eigenvalue weighted by Crippen LogP contribution is -2.49. The molecule has 0 saturated heterocycles. The average molecular weight is 382 g/mol. The Morgan fingerprint density at radius 3 is 2.55 bits per heavy atom. The van der Waals surface area contributed by atoms with Crippen LogP contribution in [0.4, 0.5) is 0 Å². The van der Waals surface area contributed by atoms with E-state index in [1.807, 2.05) is 43.3 Å². The molecule has 0 spiro atoms. The first-order chi connectivity index (χ1) is 10.5. The minimum Gasteiger partial charge on any atom is -0.482 e. The van der Waals surface area contributed by atoms with Crippen LogP contribution in [-0.2, 0) is 11.3 Å². The SMILES string of the molecule is CC1Oc2ccccc2OC1C(=O)N(C)Cc1ccc(Br)s1. The van der Waals surface area contributed by atoms with Crippen LogP contribution in [0, 0.1) is 0 Å². The van der Waals surface area contributed by atoms with Crippen molar-refractivity contribution in [3.63, 3.8) is 0 Å². The molecule has 4 nitrogen and oxygen atoms in total. The Kier molecular flexibility index (Phi) is 4.40. The number of ether oxygens (including phenoxy) is 2. The largest absolute Gasteiger partial charge is 0.482 e. The maximum Gasteiger partial charge on any atom is 0.267 e. The van der Waals surface area contributed by atoms with Gasteiger partial charge in [0, 0.05) is 11.9 Å². The number of fused-ring (bicyclic) bond motifs is 1. The van der Waals surface area contributed by atoms with Crippen molar-refractivity contribution in [1.82, 2.24) is 4.90 Å². The van der Waals surface area contributed by atoms with Crippen molar-refractivity contribution in [1.29, 1.82) is 0 Å². The first kappa shape index (κ1) is 15.4. The maximum absolute atomic E-state index is 12.6. The molecule has 0 fully saturated rings. The quantitative estimate of drug-likeness (QED) is 0.813. The van der Waals surface area contributed by atoms with Gasteiger partial charge in [0.05, 0.1) is 10.3 Å². The molecule has 0 radical (unpaired) electrons. The Balaban J connectivity index is 1.72. The van der Waals surface area contributed by atoms with Crippen molar-refractivity contribution in [3.05, 3.63) is 45.1 Å². The molecule has 1 aromatic heterocycles. The van der Waals surface area contributed by atoms with Crippen molar-refractivity contribution in [3.8, 4) is 11.5 Å². The van der Waals surface area contributed by atoms with Crippen LogP contribution in [0.25, 0.3) is 0 Å². The highest BCUT2D eigenvalue weighted by atomic mass is 79.9. The van der Waals surface area contributed by atoms with Crippen LogP contribution < -0.4 is 9.47 Å². The van der Waals surface area contributed by atoms with E-state index in [9.17, 15) is 4.79 Å². The summed E-state index contributed by atoms with van der Waals surface area (Å²) in [4.78, 5) is 15.4. The van der Waals surface area contributed by atoms with Gasteiger partial charge in [0.15, 0.2) is 11.5 Å². The first-order valence-electron chi connectivity index (χ1n) is 6.96. The summed E-state index contributed by atoms with van der Waals surface area (Å²) >= 11 is 5.05. The van der Waals surface area contributed by atoms with E-state index in [1.54, 1.807) is 23.3 Å². The second-order valence-electron chi connectivity index (χ2n) is 5.21. The smallest absolute Gasteiger partial charge is 0.267 e. The van der Waals surface area contributed by atoms with E-state index in [2.05, 4.69) is 15.9 Å². The lowest BCUT2D eigenvalue weighted by molar-refractivity contribution is -0.143. The van der Waals surface area contributed by atoms with E-state index in [0.29, 0.717) is 18.0 Å². The number of benzene rings is 1. The maximum atomic E-state index is 12.6. The monoisotopic (exact) mass is 381 g/mol. The second-order valence-corrected chi connectivity index (χ2v) is 7.76. The molecule has 1 aliphatic heterocycles. The number of nitrogens with zero attached hydrogens (tertiary/aromatic N) is 1. The van der Waals surface area contributed by atoms with Gasteiger partial charge in [-0.15, -0.1) is 11.3 Å². The summed E-state index contributed by atoms with van der Waals surface area (Å²) in [6.07, 6.45) is -0.941. The Morgan fingerprint density at radius 1 is 1.23 bits per heavy atom. The van der Waals surface area contributed by atoms with E-state index < -0.39 is 6.10 Å². The summed E-state index contributed by atoms with van der Waals surface area (Å²) in [6, 6.07) is 11.4. The van der Waals surface area contributed by atoms with Gasteiger partial charge >= 0.3 is 0 Å². The fourth-order valence-corrected chi connectivity index (χ4v) is 3.89. The summed E-state index contributed by atoms with van der Waals surface area (Å²) in [5.41, 5.74) is 0. The molecule has 2 unspecified atom stereocenters. The zero-order valence-corrected chi connectivity index (χ0v) is 14.7. The molecule has 22 heavy (non-hydrogen) atoms. The van der Waals surface area contributed by atoms with Crippen LogP contribution in [0.15, 0.2) is 40.2 Å². The number of amides is 1. The fraction of sp³-hybridized carbons (Fsp3) is 0.312. The van der Waals surface area contributed by atoms with Crippen molar-refractivity contribution in [2.45, 2.75) is 25.7 Å². The summed E-state index contributed by atoms with van der Waals surface area (Å²) < 4.78 is 12.7. The zero-order chi connectivity index (χ0) is 15.7. The molecule has 0 saturated carbocycles. The molecule has 2 atom stereocenters. The van der Waals surface area contributed by atoms with Gasteiger partial charge in [0.2, 0.25) is 6.10 Å². The summed E-state index contributed by atoms with van der Waals surface area (Å²) in [7, 11) is 1.78. The van der Waals surface area contributed by atoms with E-state index in [-0.39, 0.29) is 12.0 Å². The van der Waals surface area contributed by atoms with Gasteiger partial charge in [-0.05, 0) is 47.1 Å². The van der Waals surface area contributed by atoms with Gasteiger partial charge in [0.25, 0.3) is 5.91 Å². The van der Waals surface area contributed by atoms with Crippen LogP contribution in [0.3, 0.4) is 0 Å². The number of para-hydroxylation sites is 2. The van der Waals surface area contributed by atoms with Crippen LogP contribution >= 0.6 is 27.3 Å². The van der Waals surface area contributed by atoms with E-state index in [1.165, 1.54) is 0 Å². The van der Waals surface area contributed by atoms with Gasteiger partial charge in [0.1, 0.15) is 6.10 Å². The van der Waals surface area contributed by atoms with Gasteiger partial charge in [-0.1, -0.05) is 12.1 Å². The third-order valence-electron chi connectivity index (χ3n) is 3.48. The number of hydrogen-bond donors (Lipinski definition) is 0. The number of rotatable bonds is 3. The highest BCUT2D eigenvalue weighted by Crippen LogP contribution is 2.34. The molecule has 1 aliphatic rings. The van der Waals surface area contributed by atoms with Crippen molar-refractivity contribution in [2.75, 3.05) is 7.05 Å². The predicted octanol–water partition coefficient (Wildman–Crippen LogP) is 3.70. The van der Waals surface area contributed by atoms with E-state index in [0.717, 1.165) is 8.66 Å². The van der Waals surface area contributed by atoms with Gasteiger partial charge in [-0.25, -0.2) is 0 Å². The van der Waals surface area contributed by atoms with E-state index >= 15 is 0 Å². The van der Waals surface area contributed by atoms with Crippen LogP contribution in [0.5, 0.6) is 11.5 Å². The lowest BCUT2D eigenvalue weighted by Gasteiger charge is -2.33. The standard InChI is InChI=1S/C16H16BrNO3S/c1-10-15(21-13-6-4-3-5-12(13)20-10)16(19)18(2)9-11-7-8-14(17)22-11/h3-8,10,15H,9H2,1-2H3. The third-order valence-corrected chi connectivity index (χ3v) is 5.09. The zero-order valence-electron chi connectivity index (χ0n) is 12.3. The summed E-state index contributed by atoms with van der Waals surface area (Å²) in [6.45, 7) is 2.41. The topological polar surface area (TPSA) is 38.8 Å². The van der Waals surface area contributed by atoms with Crippen LogP contribution in [0.1, 0.15) is 11.8 Å². The fourth-order valence-electron chi connectivity index (χ4n) is 2.36. The molecule has 116 valence electrons. The van der Waals surface area contributed by atoms with E-state index in [4.69, 9.17) is 9.47 Å². The minimum absolute atomic E-state index is 0.0773. The molecule has 3 rings (SSSR count). The van der Waals surface area contributed by atoms with Crippen molar-refractivity contribution >= 4 is 33.2 Å². The Hall–Kier alpha value is -1.53. The summed E-state index contributed by atoms with van der Waals surface area (Å²) in [5.74, 6) is 1.22. The normalized spacial score (nSPS) is 19.8. The van der Waals surface area contributed by atoms with Gasteiger partial charge < -0.3 is 14.4 Å². The molecule has 0 aliphatic carbocycles. The molecule has 0 bridgehead atoms. The molecule has 6 heteroatoms. The molecule has 2 heterocycles. The Morgan fingerprint density at radius 2 is 1.91 bits per heavy atom. The Bertz CT molecular complexity index is 688. The Labute approximate surface area is 141 Å². The summed E-state index contributed by atoms with van der Waals surface area (Å²) in [5, 5.41) is 0. The van der Waals surface area contributed by atoms with Crippen LogP contribution in [-0.4, -0.2) is 30.1 Å². The number of carbonyl (C=O) groups is 1. The molecule has 1 aromatic carbocycles. The first-order valence-corrected chi connectivity index (χ1v) is 8.57. The predicted molar refractivity (Wildman–Crippen MR) is 89.4 cm³/mol. The number of halogens is 1. The highest BCUT2D eigenvalue weighted by molar-refractivity contribution is 9.11. The number of thiophene rings is 1. The average Bonchev–Trinajstić information content (AvgIpc) is 2.91. The molecule has 2 aromatic rings. The molecule has 0 N–H and O–H groups in total. The number of carbonyl (C=O) groups excluding carboxylic acids is 1. The second kappa shape index (κ2) is 6.30. The van der Waals surface area contributed by atoms with Crippen LogP contribution in [0.2, 0.25) is 0 Å². The van der Waals surface area contributed by atoms with Gasteiger partial charge in [-0.2, -0.15) is 0 Å². The lowest BCUT2D eigenvalue weighted by atomic mass is 10.1. The molecule has 1 amide bonds. The number of hydrogen-bond acceptors (Lipinski definition) is 4.